The molecule has 0 aliphatic rings. The normalized spacial score (nSPS) is 10.2. The summed E-state index contributed by atoms with van der Waals surface area (Å²) in [5.74, 6) is -1.31. The largest absolute Gasteiger partial charge is 2.00 e. The minimum absolute atomic E-state index is 0. The van der Waals surface area contributed by atoms with Gasteiger partial charge in [-0.1, -0.05) is 181 Å². The molecular weight excluding hydrogens is 649 g/mol. The summed E-state index contributed by atoms with van der Waals surface area (Å²) in [5, 5.41) is 17.0. The van der Waals surface area contributed by atoms with Crippen LogP contribution < -0.4 is 51.4 Å². The number of hydrogen-bond acceptors (Lipinski definition) is 2. The number of unbranched alkanes of at least 4 members (excludes halogenated alkanes) is 26. The van der Waals surface area contributed by atoms with Crippen LogP contribution in [0.2, 0.25) is 0 Å². The zero-order valence-electron chi connectivity index (χ0n) is 27.6. The van der Waals surface area contributed by atoms with Gasteiger partial charge in [-0.25, -0.2) is 0 Å². The van der Waals surface area contributed by atoms with E-state index in [1.165, 1.54) is 154 Å². The fourth-order valence-corrected chi connectivity index (χ4v) is 4.94. The minimum Gasteiger partial charge on any atom is -0.481 e. The molecule has 0 spiro atoms. The van der Waals surface area contributed by atoms with Gasteiger partial charge in [0.15, 0.2) is 0 Å². The molecule has 0 aromatic heterocycles. The molecule has 0 radical (unpaired) electrons. The Morgan fingerprint density at radius 2 is 0.500 bits per heavy atom. The Kier molecular flexibility index (Phi) is 55.9. The van der Waals surface area contributed by atoms with Gasteiger partial charge in [-0.2, -0.15) is 0 Å². The average molecular weight is 717 g/mol. The summed E-state index contributed by atoms with van der Waals surface area (Å²) in [7, 11) is 0. The van der Waals surface area contributed by atoms with Gasteiger partial charge in [0, 0.05) is 12.8 Å². The van der Waals surface area contributed by atoms with Crippen LogP contribution in [0.4, 0.5) is 0 Å². The third-order valence-electron chi connectivity index (χ3n) is 7.49. The second-order valence-corrected chi connectivity index (χ2v) is 11.5. The molecule has 0 unspecified atom stereocenters. The summed E-state index contributed by atoms with van der Waals surface area (Å²) in [6, 6.07) is 0. The van der Waals surface area contributed by atoms with Crippen LogP contribution in [0, 0.1) is 0 Å². The molecule has 0 bridgehead atoms. The standard InChI is InChI=1S/C18H36O2.C16H32O2.Ba.K/c1-2-3-4-5-6-7-8-9-10-11-12-13-14-15-16-17-18(19)20;1-2-3-4-5-6-7-8-9-10-11-12-13-14-15-16(17)18;;/h2-17H2,1H3,(H,19,20);2-15H2,1H3,(H,17,18);;/q;;+2;+1. The number of hydrogen-bond donors (Lipinski definition) is 2. The van der Waals surface area contributed by atoms with Crippen molar-refractivity contribution in [3.05, 3.63) is 0 Å². The number of rotatable bonds is 30. The molecule has 0 aromatic carbocycles. The minimum atomic E-state index is -0.655. The Morgan fingerprint density at radius 1 is 0.350 bits per heavy atom. The van der Waals surface area contributed by atoms with Gasteiger partial charge >= 0.3 is 112 Å². The zero-order chi connectivity index (χ0) is 28.4. The van der Waals surface area contributed by atoms with Crippen molar-refractivity contribution < 1.29 is 71.2 Å². The van der Waals surface area contributed by atoms with Gasteiger partial charge in [-0.05, 0) is 12.8 Å². The monoisotopic (exact) mass is 717 g/mol. The molecule has 0 rings (SSSR count). The Morgan fingerprint density at radius 3 is 0.650 bits per heavy atom. The fraction of sp³-hybridized carbons (Fsp3) is 0.941. The van der Waals surface area contributed by atoms with E-state index in [0.717, 1.165) is 25.7 Å². The van der Waals surface area contributed by atoms with Crippen LogP contribution in [0.1, 0.15) is 206 Å². The van der Waals surface area contributed by atoms with Gasteiger partial charge in [0.05, 0.1) is 0 Å². The van der Waals surface area contributed by atoms with E-state index in [0.29, 0.717) is 12.8 Å². The number of carbonyl (C=O) groups is 2. The molecular formula is C34H68BaKO4+3. The Labute approximate surface area is 333 Å². The van der Waals surface area contributed by atoms with E-state index in [2.05, 4.69) is 13.8 Å². The van der Waals surface area contributed by atoms with Crippen LogP contribution in [-0.4, -0.2) is 71.0 Å². The molecule has 0 aliphatic heterocycles. The maximum atomic E-state index is 10.3. The second-order valence-electron chi connectivity index (χ2n) is 11.5. The molecule has 4 nitrogen and oxygen atoms in total. The third kappa shape index (κ3) is 52.8. The molecule has 228 valence electrons. The predicted molar refractivity (Wildman–Crippen MR) is 171 cm³/mol. The molecule has 2 N–H and O–H groups in total. The molecule has 0 aromatic rings. The molecule has 0 saturated carbocycles. The van der Waals surface area contributed by atoms with Crippen molar-refractivity contribution in [3.63, 3.8) is 0 Å². The van der Waals surface area contributed by atoms with E-state index in [1.807, 2.05) is 0 Å². The van der Waals surface area contributed by atoms with Crippen LogP contribution in [-0.2, 0) is 9.59 Å². The molecule has 0 amide bonds. The van der Waals surface area contributed by atoms with E-state index in [4.69, 9.17) is 10.2 Å². The summed E-state index contributed by atoms with van der Waals surface area (Å²) in [6.07, 6.45) is 37.5. The predicted octanol–water partition coefficient (Wildman–Crippen LogP) is 8.51. The van der Waals surface area contributed by atoms with E-state index >= 15 is 0 Å². The van der Waals surface area contributed by atoms with Crippen molar-refractivity contribution >= 4 is 60.8 Å². The van der Waals surface area contributed by atoms with Gasteiger partial charge in [0.1, 0.15) is 0 Å². The first-order valence-corrected chi connectivity index (χ1v) is 17.0. The van der Waals surface area contributed by atoms with Crippen LogP contribution in [0.3, 0.4) is 0 Å². The summed E-state index contributed by atoms with van der Waals surface area (Å²) < 4.78 is 0. The summed E-state index contributed by atoms with van der Waals surface area (Å²) in [6.45, 7) is 4.53. The number of carboxylic acid groups (broad SMARTS) is 2. The van der Waals surface area contributed by atoms with Crippen molar-refractivity contribution in [2.45, 2.75) is 206 Å². The molecule has 40 heavy (non-hydrogen) atoms. The number of carboxylic acids is 2. The van der Waals surface area contributed by atoms with Crippen LogP contribution in [0.15, 0.2) is 0 Å². The SMILES string of the molecule is CCCCCCCCCCCCCCCC(=O)O.CCCCCCCCCCCCCCCCCC(=O)O.[Ba+2].[K+]. The first kappa shape index (κ1) is 49.0. The molecule has 0 heterocycles. The van der Waals surface area contributed by atoms with Crippen molar-refractivity contribution in [3.8, 4) is 0 Å². The zero-order valence-corrected chi connectivity index (χ0v) is 35.2. The van der Waals surface area contributed by atoms with E-state index in [9.17, 15) is 9.59 Å². The van der Waals surface area contributed by atoms with E-state index < -0.39 is 11.9 Å². The Bertz CT molecular complexity index is 477. The smallest absolute Gasteiger partial charge is 0.481 e. The van der Waals surface area contributed by atoms with Crippen molar-refractivity contribution in [1.82, 2.24) is 0 Å². The fourth-order valence-electron chi connectivity index (χ4n) is 4.94. The quantitative estimate of drug-likeness (QED) is 0.0578. The molecule has 0 atom stereocenters. The van der Waals surface area contributed by atoms with Crippen molar-refractivity contribution in [2.24, 2.45) is 0 Å². The molecule has 0 fully saturated rings. The number of aliphatic carboxylic acids is 2. The first-order valence-electron chi connectivity index (χ1n) is 17.0. The average Bonchev–Trinajstić information content (AvgIpc) is 2.89. The van der Waals surface area contributed by atoms with Gasteiger partial charge in [0.25, 0.3) is 0 Å². The first-order chi connectivity index (χ1) is 18.5. The van der Waals surface area contributed by atoms with Gasteiger partial charge in [0.2, 0.25) is 0 Å². The van der Waals surface area contributed by atoms with Crippen molar-refractivity contribution in [1.29, 1.82) is 0 Å². The van der Waals surface area contributed by atoms with Crippen LogP contribution in [0.25, 0.3) is 0 Å². The maximum absolute atomic E-state index is 10.3. The van der Waals surface area contributed by atoms with Gasteiger partial charge in [-0.15, -0.1) is 0 Å². The maximum Gasteiger partial charge on any atom is 2.00 e. The molecule has 0 saturated heterocycles. The van der Waals surface area contributed by atoms with Crippen LogP contribution in [0.5, 0.6) is 0 Å². The van der Waals surface area contributed by atoms with Gasteiger partial charge < -0.3 is 10.2 Å². The second kappa shape index (κ2) is 45.6. The molecule has 6 heteroatoms. The summed E-state index contributed by atoms with van der Waals surface area (Å²) in [4.78, 5) is 20.6. The van der Waals surface area contributed by atoms with Gasteiger partial charge in [-0.3, -0.25) is 9.59 Å². The third-order valence-corrected chi connectivity index (χ3v) is 7.49. The van der Waals surface area contributed by atoms with E-state index in [1.54, 1.807) is 0 Å². The summed E-state index contributed by atoms with van der Waals surface area (Å²) >= 11 is 0. The summed E-state index contributed by atoms with van der Waals surface area (Å²) in [5.41, 5.74) is 0. The Balaban J connectivity index is -0.000000310. The molecule has 0 aliphatic carbocycles. The van der Waals surface area contributed by atoms with Crippen LogP contribution >= 0.6 is 0 Å². The van der Waals surface area contributed by atoms with E-state index in [-0.39, 0.29) is 100 Å². The Hall–Kier alpha value is 2.15. The van der Waals surface area contributed by atoms with Crippen molar-refractivity contribution in [2.75, 3.05) is 0 Å². The topological polar surface area (TPSA) is 74.6 Å².